The average molecular weight is 401 g/mol. The molecule has 1 aromatic heterocycles. The van der Waals surface area contributed by atoms with Crippen LogP contribution in [-0.4, -0.2) is 15.1 Å². The number of halogens is 2. The van der Waals surface area contributed by atoms with Crippen LogP contribution < -0.4 is 11.1 Å². The molecule has 0 fully saturated rings. The molecule has 1 aliphatic carbocycles. The fourth-order valence-corrected chi connectivity index (χ4v) is 3.61. The predicted octanol–water partition coefficient (Wildman–Crippen LogP) is 4.87. The molecule has 0 atom stereocenters. The van der Waals surface area contributed by atoms with Gasteiger partial charge in [0.1, 0.15) is 0 Å². The second-order valence-corrected chi connectivity index (χ2v) is 7.25. The van der Waals surface area contributed by atoms with E-state index in [0.29, 0.717) is 16.0 Å². The summed E-state index contributed by atoms with van der Waals surface area (Å²) in [6.07, 6.45) is 1.78. The third-order valence-electron chi connectivity index (χ3n) is 4.35. The molecule has 0 radical (unpaired) electrons. The molecule has 3 N–H and O–H groups in total. The van der Waals surface area contributed by atoms with Gasteiger partial charge in [0, 0.05) is 16.7 Å². The zero-order valence-corrected chi connectivity index (χ0v) is 15.9. The van der Waals surface area contributed by atoms with Gasteiger partial charge in [-0.25, -0.2) is 9.97 Å². The molecule has 1 aliphatic rings. The number of benzene rings is 2. The summed E-state index contributed by atoms with van der Waals surface area (Å²) in [6.45, 7) is 0. The molecule has 130 valence electrons. The smallest absolute Gasteiger partial charge is 0.230 e. The van der Waals surface area contributed by atoms with Gasteiger partial charge in [-0.15, -0.1) is 0 Å². The normalized spacial score (nSPS) is 12.2. The highest BCUT2D eigenvalue weighted by molar-refractivity contribution is 7.80. The number of nitrogens with zero attached hydrogens (tertiary/aromatic N) is 2. The van der Waals surface area contributed by atoms with Crippen LogP contribution in [0.25, 0.3) is 22.5 Å². The Bertz CT molecular complexity index is 1040. The van der Waals surface area contributed by atoms with Gasteiger partial charge >= 0.3 is 0 Å². The van der Waals surface area contributed by atoms with Crippen LogP contribution in [0.4, 0.5) is 5.95 Å². The van der Waals surface area contributed by atoms with Gasteiger partial charge in [0.15, 0.2) is 5.11 Å². The molecule has 1 heterocycles. The van der Waals surface area contributed by atoms with E-state index in [1.165, 1.54) is 5.56 Å². The number of aryl methyl sites for hydroxylation is 1. The van der Waals surface area contributed by atoms with Crippen molar-refractivity contribution >= 4 is 46.5 Å². The minimum absolute atomic E-state index is 0.120. The maximum Gasteiger partial charge on any atom is 0.230 e. The molecular formula is C19H14Cl2N4S. The second-order valence-electron chi connectivity index (χ2n) is 6.00. The summed E-state index contributed by atoms with van der Waals surface area (Å²) in [4.78, 5) is 9.32. The first-order chi connectivity index (χ1) is 12.5. The lowest BCUT2D eigenvalue weighted by molar-refractivity contribution is 0.916. The molecule has 4 nitrogen and oxygen atoms in total. The Morgan fingerprint density at radius 1 is 1.00 bits per heavy atom. The van der Waals surface area contributed by atoms with Crippen LogP contribution in [-0.2, 0) is 12.8 Å². The van der Waals surface area contributed by atoms with Crippen LogP contribution in [0.3, 0.4) is 0 Å². The van der Waals surface area contributed by atoms with E-state index in [2.05, 4.69) is 27.4 Å². The fourth-order valence-electron chi connectivity index (χ4n) is 3.22. The summed E-state index contributed by atoms with van der Waals surface area (Å²) >= 11 is 17.2. The summed E-state index contributed by atoms with van der Waals surface area (Å²) in [7, 11) is 0. The third kappa shape index (κ3) is 3.14. The van der Waals surface area contributed by atoms with E-state index < -0.39 is 0 Å². The van der Waals surface area contributed by atoms with Crippen LogP contribution in [0.1, 0.15) is 11.1 Å². The SMILES string of the molecule is NC(=S)Nc1nc(-c2ccc(Cl)c(Cl)c2)c2c(n1)-c1ccccc1CC2. The highest BCUT2D eigenvalue weighted by atomic mass is 35.5. The van der Waals surface area contributed by atoms with Crippen LogP contribution >= 0.6 is 35.4 Å². The number of anilines is 1. The number of nitrogens with two attached hydrogens (primary N) is 1. The number of nitrogens with one attached hydrogen (secondary N) is 1. The minimum Gasteiger partial charge on any atom is -0.376 e. The van der Waals surface area contributed by atoms with Gasteiger partial charge in [0.2, 0.25) is 5.95 Å². The molecule has 0 unspecified atom stereocenters. The van der Waals surface area contributed by atoms with Crippen LogP contribution in [0, 0.1) is 0 Å². The standard InChI is InChI=1S/C19H14Cl2N4S/c20-14-8-6-11(9-15(14)21)16-13-7-5-10-3-1-2-4-12(10)17(13)24-19(23-16)25-18(22)26/h1-4,6,8-9H,5,7H2,(H3,22,23,24,25,26). The lowest BCUT2D eigenvalue weighted by atomic mass is 9.87. The lowest BCUT2D eigenvalue weighted by Crippen LogP contribution is -2.22. The Morgan fingerprint density at radius 3 is 2.54 bits per heavy atom. The lowest BCUT2D eigenvalue weighted by Gasteiger charge is -2.22. The Morgan fingerprint density at radius 2 is 1.77 bits per heavy atom. The van der Waals surface area contributed by atoms with E-state index in [0.717, 1.165) is 40.9 Å². The summed E-state index contributed by atoms with van der Waals surface area (Å²) < 4.78 is 0. The van der Waals surface area contributed by atoms with Crippen molar-refractivity contribution in [3.63, 3.8) is 0 Å². The number of hydrogen-bond acceptors (Lipinski definition) is 3. The largest absolute Gasteiger partial charge is 0.376 e. The number of rotatable bonds is 2. The highest BCUT2D eigenvalue weighted by Gasteiger charge is 2.23. The van der Waals surface area contributed by atoms with E-state index >= 15 is 0 Å². The van der Waals surface area contributed by atoms with E-state index in [1.807, 2.05) is 24.3 Å². The van der Waals surface area contributed by atoms with Crippen LogP contribution in [0.15, 0.2) is 42.5 Å². The topological polar surface area (TPSA) is 63.8 Å². The van der Waals surface area contributed by atoms with Gasteiger partial charge in [-0.1, -0.05) is 53.5 Å². The molecule has 26 heavy (non-hydrogen) atoms. The molecule has 0 amide bonds. The van der Waals surface area contributed by atoms with Crippen LogP contribution in [0.5, 0.6) is 0 Å². The number of thiocarbonyl (C=S) groups is 1. The van der Waals surface area contributed by atoms with Crippen LogP contribution in [0.2, 0.25) is 10.0 Å². The first-order valence-electron chi connectivity index (χ1n) is 8.04. The third-order valence-corrected chi connectivity index (χ3v) is 5.19. The van der Waals surface area contributed by atoms with E-state index in [-0.39, 0.29) is 5.11 Å². The summed E-state index contributed by atoms with van der Waals surface area (Å²) in [5.41, 5.74) is 11.6. The van der Waals surface area contributed by atoms with Crippen molar-refractivity contribution in [3.05, 3.63) is 63.6 Å². The summed E-state index contributed by atoms with van der Waals surface area (Å²) in [5.74, 6) is 0.369. The molecule has 7 heteroatoms. The number of fused-ring (bicyclic) bond motifs is 3. The molecule has 4 rings (SSSR count). The molecule has 0 saturated carbocycles. The maximum absolute atomic E-state index is 6.22. The van der Waals surface area contributed by atoms with Crippen molar-refractivity contribution < 1.29 is 0 Å². The Hall–Kier alpha value is -2.21. The van der Waals surface area contributed by atoms with Crippen molar-refractivity contribution in [2.24, 2.45) is 5.73 Å². The minimum atomic E-state index is 0.120. The Balaban J connectivity index is 1.97. The molecule has 3 aromatic rings. The zero-order valence-electron chi connectivity index (χ0n) is 13.6. The quantitative estimate of drug-likeness (QED) is 0.600. The highest BCUT2D eigenvalue weighted by Crippen LogP contribution is 2.38. The zero-order chi connectivity index (χ0) is 18.3. The van der Waals surface area contributed by atoms with Gasteiger partial charge in [0.05, 0.1) is 21.4 Å². The van der Waals surface area contributed by atoms with E-state index in [1.54, 1.807) is 6.07 Å². The number of hydrogen-bond donors (Lipinski definition) is 2. The first-order valence-corrected chi connectivity index (χ1v) is 9.20. The van der Waals surface area contributed by atoms with Gasteiger partial charge in [-0.3, -0.25) is 0 Å². The molecule has 0 saturated heterocycles. The predicted molar refractivity (Wildman–Crippen MR) is 111 cm³/mol. The van der Waals surface area contributed by atoms with Gasteiger partial charge < -0.3 is 11.1 Å². The van der Waals surface area contributed by atoms with Gasteiger partial charge in [-0.2, -0.15) is 0 Å². The summed E-state index contributed by atoms with van der Waals surface area (Å²) in [6, 6.07) is 13.7. The second kappa shape index (κ2) is 6.83. The van der Waals surface area contributed by atoms with Crippen molar-refractivity contribution in [3.8, 4) is 22.5 Å². The van der Waals surface area contributed by atoms with Crippen molar-refractivity contribution in [1.82, 2.24) is 9.97 Å². The van der Waals surface area contributed by atoms with E-state index in [9.17, 15) is 0 Å². The fraction of sp³-hybridized carbons (Fsp3) is 0.105. The first kappa shape index (κ1) is 17.2. The van der Waals surface area contributed by atoms with Crippen molar-refractivity contribution in [2.75, 3.05) is 5.32 Å². The van der Waals surface area contributed by atoms with E-state index in [4.69, 9.17) is 41.2 Å². The Kier molecular flexibility index (Phi) is 4.53. The molecule has 0 aliphatic heterocycles. The van der Waals surface area contributed by atoms with Gasteiger partial charge in [0.25, 0.3) is 0 Å². The monoisotopic (exact) mass is 400 g/mol. The van der Waals surface area contributed by atoms with Crippen molar-refractivity contribution in [2.45, 2.75) is 12.8 Å². The molecule has 0 spiro atoms. The number of aromatic nitrogens is 2. The Labute approximate surface area is 166 Å². The molecule has 0 bridgehead atoms. The average Bonchev–Trinajstić information content (AvgIpc) is 2.63. The van der Waals surface area contributed by atoms with Crippen molar-refractivity contribution in [1.29, 1.82) is 0 Å². The molecule has 2 aromatic carbocycles. The van der Waals surface area contributed by atoms with Gasteiger partial charge in [-0.05, 0) is 42.8 Å². The maximum atomic E-state index is 6.22. The molecular weight excluding hydrogens is 387 g/mol. The summed E-state index contributed by atoms with van der Waals surface area (Å²) in [5, 5.41) is 3.96.